The van der Waals surface area contributed by atoms with Crippen molar-refractivity contribution in [1.29, 1.82) is 0 Å². The number of likely N-dealkylation sites (tertiary alicyclic amines) is 2. The minimum absolute atomic E-state index is 0.667. The third kappa shape index (κ3) is 1.25. The molecule has 0 aliphatic carbocycles. The van der Waals surface area contributed by atoms with Gasteiger partial charge in [-0.25, -0.2) is 4.79 Å². The average Bonchev–Trinajstić information content (AvgIpc) is 2.72. The van der Waals surface area contributed by atoms with Gasteiger partial charge >= 0.3 is 5.97 Å². The smallest absolute Gasteiger partial charge is 0.339 e. The molecule has 0 spiro atoms. The fraction of sp³-hybridized carbons (Fsp3) is 0.900. The number of hydrogen-bond donors (Lipinski definition) is 1. The van der Waals surface area contributed by atoms with Gasteiger partial charge in [-0.05, 0) is 32.7 Å². The van der Waals surface area contributed by atoms with Crippen molar-refractivity contribution in [1.82, 2.24) is 9.80 Å². The van der Waals surface area contributed by atoms with Gasteiger partial charge in [0, 0.05) is 19.6 Å². The second kappa shape index (κ2) is 3.51. The second-order valence-electron chi connectivity index (χ2n) is 4.34. The molecule has 0 aromatic rings. The van der Waals surface area contributed by atoms with Crippen molar-refractivity contribution in [3.05, 3.63) is 0 Å². The van der Waals surface area contributed by atoms with E-state index in [1.807, 2.05) is 11.9 Å². The van der Waals surface area contributed by atoms with Gasteiger partial charge in [0.25, 0.3) is 0 Å². The lowest BCUT2D eigenvalue weighted by atomic mass is 10.1. The van der Waals surface area contributed by atoms with E-state index in [1.54, 1.807) is 0 Å². The number of rotatable bonds is 2. The summed E-state index contributed by atoms with van der Waals surface area (Å²) in [4.78, 5) is 15.6. The maximum Gasteiger partial charge on any atom is 0.339 e. The lowest BCUT2D eigenvalue weighted by Crippen LogP contribution is -2.60. The third-order valence-corrected chi connectivity index (χ3v) is 3.62. The van der Waals surface area contributed by atoms with Crippen LogP contribution < -0.4 is 0 Å². The summed E-state index contributed by atoms with van der Waals surface area (Å²) in [6.07, 6.45) is 4.06. The van der Waals surface area contributed by atoms with E-state index in [1.165, 1.54) is 0 Å². The standard InChI is InChI=1S/C10H18N2O2/c1-11-6-4-5-10(11,9(13)14)12-7-2-3-8-12/h2-8H2,1H3,(H,13,14)/t10-/m1/s1. The summed E-state index contributed by atoms with van der Waals surface area (Å²) in [6.45, 7) is 2.79. The molecule has 2 fully saturated rings. The Kier molecular flexibility index (Phi) is 2.49. The zero-order valence-electron chi connectivity index (χ0n) is 8.70. The number of likely N-dealkylation sites (N-methyl/N-ethyl adjacent to an activating group) is 1. The molecule has 0 aromatic heterocycles. The van der Waals surface area contributed by atoms with E-state index in [2.05, 4.69) is 4.90 Å². The summed E-state index contributed by atoms with van der Waals surface area (Å²) in [5.41, 5.74) is -0.684. The largest absolute Gasteiger partial charge is 0.479 e. The van der Waals surface area contributed by atoms with Gasteiger partial charge in [-0.15, -0.1) is 0 Å². The van der Waals surface area contributed by atoms with Gasteiger partial charge in [0.05, 0.1) is 0 Å². The van der Waals surface area contributed by atoms with E-state index in [9.17, 15) is 9.90 Å². The zero-order valence-corrected chi connectivity index (χ0v) is 8.70. The van der Waals surface area contributed by atoms with Crippen LogP contribution in [0.5, 0.6) is 0 Å². The Hall–Kier alpha value is -0.610. The molecule has 0 amide bonds. The Labute approximate surface area is 84.5 Å². The molecule has 0 aromatic carbocycles. The van der Waals surface area contributed by atoms with E-state index in [-0.39, 0.29) is 0 Å². The van der Waals surface area contributed by atoms with Crippen LogP contribution in [0.1, 0.15) is 25.7 Å². The molecule has 2 aliphatic heterocycles. The van der Waals surface area contributed by atoms with E-state index in [0.717, 1.165) is 45.3 Å². The van der Waals surface area contributed by atoms with Crippen LogP contribution in [0.3, 0.4) is 0 Å². The summed E-state index contributed by atoms with van der Waals surface area (Å²) in [5.74, 6) is -0.667. The molecule has 1 N–H and O–H groups in total. The summed E-state index contributed by atoms with van der Waals surface area (Å²) < 4.78 is 0. The maximum atomic E-state index is 11.4. The fourth-order valence-electron chi connectivity index (χ4n) is 2.83. The SMILES string of the molecule is CN1CCC[C@]1(C(=O)O)N1CCCC1. The molecule has 1 atom stereocenters. The van der Waals surface area contributed by atoms with Gasteiger partial charge in [0.15, 0.2) is 5.66 Å². The maximum absolute atomic E-state index is 11.4. The Balaban J connectivity index is 2.25. The molecule has 80 valence electrons. The van der Waals surface area contributed by atoms with Gasteiger partial charge < -0.3 is 5.11 Å². The Morgan fingerprint density at radius 3 is 2.29 bits per heavy atom. The summed E-state index contributed by atoms with van der Waals surface area (Å²) in [5, 5.41) is 9.41. The number of carboxylic acids is 1. The highest BCUT2D eigenvalue weighted by Gasteiger charge is 2.51. The molecule has 0 bridgehead atoms. The number of hydrogen-bond acceptors (Lipinski definition) is 3. The molecule has 4 nitrogen and oxygen atoms in total. The first kappa shape index (κ1) is 9.93. The van der Waals surface area contributed by atoms with Gasteiger partial charge in [0.2, 0.25) is 0 Å². The normalized spacial score (nSPS) is 35.2. The first-order chi connectivity index (χ1) is 6.68. The molecular weight excluding hydrogens is 180 g/mol. The van der Waals surface area contributed by atoms with Crippen LogP contribution in [0.25, 0.3) is 0 Å². The van der Waals surface area contributed by atoms with Crippen molar-refractivity contribution >= 4 is 5.97 Å². The van der Waals surface area contributed by atoms with Gasteiger partial charge in [-0.2, -0.15) is 0 Å². The summed E-state index contributed by atoms with van der Waals surface area (Å²) in [7, 11) is 1.93. The van der Waals surface area contributed by atoms with E-state index >= 15 is 0 Å². The van der Waals surface area contributed by atoms with Crippen molar-refractivity contribution in [2.24, 2.45) is 0 Å². The molecule has 14 heavy (non-hydrogen) atoms. The second-order valence-corrected chi connectivity index (χ2v) is 4.34. The van der Waals surface area contributed by atoms with Crippen molar-refractivity contribution in [2.75, 3.05) is 26.7 Å². The highest BCUT2D eigenvalue weighted by atomic mass is 16.4. The van der Waals surface area contributed by atoms with E-state index < -0.39 is 11.6 Å². The average molecular weight is 198 g/mol. The van der Waals surface area contributed by atoms with Gasteiger partial charge in [-0.3, -0.25) is 9.80 Å². The van der Waals surface area contributed by atoms with E-state index in [0.29, 0.717) is 0 Å². The zero-order chi connectivity index (χ0) is 10.2. The predicted molar refractivity (Wildman–Crippen MR) is 53.0 cm³/mol. The molecule has 2 heterocycles. The number of aliphatic carboxylic acids is 1. The minimum Gasteiger partial charge on any atom is -0.479 e. The summed E-state index contributed by atoms with van der Waals surface area (Å²) in [6, 6.07) is 0. The lowest BCUT2D eigenvalue weighted by Gasteiger charge is -2.39. The molecule has 0 radical (unpaired) electrons. The van der Waals surface area contributed by atoms with Crippen LogP contribution >= 0.6 is 0 Å². The molecule has 2 saturated heterocycles. The molecule has 0 saturated carbocycles. The first-order valence-corrected chi connectivity index (χ1v) is 5.37. The molecule has 2 rings (SSSR count). The highest BCUT2D eigenvalue weighted by Crippen LogP contribution is 2.34. The van der Waals surface area contributed by atoms with Gasteiger partial charge in [0.1, 0.15) is 0 Å². The topological polar surface area (TPSA) is 43.8 Å². The Bertz CT molecular complexity index is 238. The van der Waals surface area contributed by atoms with Crippen LogP contribution in [-0.4, -0.2) is 53.2 Å². The number of nitrogens with zero attached hydrogens (tertiary/aromatic N) is 2. The van der Waals surface area contributed by atoms with E-state index in [4.69, 9.17) is 0 Å². The Morgan fingerprint density at radius 2 is 1.86 bits per heavy atom. The Morgan fingerprint density at radius 1 is 1.21 bits per heavy atom. The molecular formula is C10H18N2O2. The quantitative estimate of drug-likeness (QED) is 0.705. The molecule has 2 aliphatic rings. The number of carbonyl (C=O) groups is 1. The monoisotopic (exact) mass is 198 g/mol. The van der Waals surface area contributed by atoms with Crippen LogP contribution in [0.4, 0.5) is 0 Å². The van der Waals surface area contributed by atoms with Crippen LogP contribution in [-0.2, 0) is 4.79 Å². The van der Waals surface area contributed by atoms with Crippen LogP contribution in [0.2, 0.25) is 0 Å². The van der Waals surface area contributed by atoms with Crippen LogP contribution in [0.15, 0.2) is 0 Å². The van der Waals surface area contributed by atoms with Crippen molar-refractivity contribution in [2.45, 2.75) is 31.3 Å². The summed E-state index contributed by atoms with van der Waals surface area (Å²) >= 11 is 0. The highest BCUT2D eigenvalue weighted by molar-refractivity contribution is 5.78. The molecule has 0 unspecified atom stereocenters. The predicted octanol–water partition coefficient (Wildman–Crippen LogP) is 0.589. The van der Waals surface area contributed by atoms with Crippen molar-refractivity contribution < 1.29 is 9.90 Å². The van der Waals surface area contributed by atoms with Crippen molar-refractivity contribution in [3.8, 4) is 0 Å². The minimum atomic E-state index is -0.684. The van der Waals surface area contributed by atoms with Gasteiger partial charge in [-0.1, -0.05) is 0 Å². The van der Waals surface area contributed by atoms with Crippen LogP contribution in [0, 0.1) is 0 Å². The third-order valence-electron chi connectivity index (χ3n) is 3.62. The number of carboxylic acid groups (broad SMARTS) is 1. The molecule has 4 heteroatoms. The first-order valence-electron chi connectivity index (χ1n) is 5.37. The lowest BCUT2D eigenvalue weighted by molar-refractivity contribution is -0.161. The fourth-order valence-corrected chi connectivity index (χ4v) is 2.83. The van der Waals surface area contributed by atoms with Crippen molar-refractivity contribution in [3.63, 3.8) is 0 Å².